The quantitative estimate of drug-likeness (QED) is 0.751. The van der Waals surface area contributed by atoms with E-state index in [0.717, 1.165) is 14.8 Å². The van der Waals surface area contributed by atoms with Gasteiger partial charge in [-0.3, -0.25) is 9.20 Å². The lowest BCUT2D eigenvalue weighted by Gasteiger charge is -1.90. The summed E-state index contributed by atoms with van der Waals surface area (Å²) in [5.74, 6) is -0.476. The molecule has 16 heavy (non-hydrogen) atoms. The molecule has 0 unspecified atom stereocenters. The third-order valence-corrected chi connectivity index (χ3v) is 4.04. The lowest BCUT2D eigenvalue weighted by Crippen LogP contribution is -2.12. The summed E-state index contributed by atoms with van der Waals surface area (Å²) >= 11 is 3.04. The van der Waals surface area contributed by atoms with Crippen LogP contribution in [0.4, 0.5) is 0 Å². The molecule has 0 aliphatic carbocycles. The van der Waals surface area contributed by atoms with Gasteiger partial charge in [0, 0.05) is 17.8 Å². The van der Waals surface area contributed by atoms with Crippen molar-refractivity contribution in [1.82, 2.24) is 14.4 Å². The Bertz CT molecular complexity index is 652. The van der Waals surface area contributed by atoms with E-state index in [-0.39, 0.29) is 0 Å². The molecule has 0 atom stereocenters. The third kappa shape index (κ3) is 1.33. The summed E-state index contributed by atoms with van der Waals surface area (Å²) in [7, 11) is 0. The predicted octanol–water partition coefficient (Wildman–Crippen LogP) is 1.62. The van der Waals surface area contributed by atoms with Crippen molar-refractivity contribution in [2.24, 2.45) is 5.73 Å². The number of thiazole rings is 2. The van der Waals surface area contributed by atoms with Crippen LogP contribution >= 0.6 is 22.7 Å². The van der Waals surface area contributed by atoms with Gasteiger partial charge in [0.25, 0.3) is 5.91 Å². The number of imidazole rings is 1. The van der Waals surface area contributed by atoms with Gasteiger partial charge in [-0.05, 0) is 0 Å². The Morgan fingerprint density at radius 1 is 1.44 bits per heavy atom. The number of rotatable bonds is 2. The molecule has 2 N–H and O–H groups in total. The monoisotopic (exact) mass is 250 g/mol. The number of carbonyl (C=O) groups excluding carboxylic acids is 1. The molecule has 0 fully saturated rings. The van der Waals surface area contributed by atoms with Crippen molar-refractivity contribution >= 4 is 33.5 Å². The van der Waals surface area contributed by atoms with Crippen LogP contribution in [-0.4, -0.2) is 20.3 Å². The maximum atomic E-state index is 11.1. The van der Waals surface area contributed by atoms with Crippen LogP contribution < -0.4 is 5.73 Å². The number of fused-ring (bicyclic) bond motifs is 1. The number of nitrogens with two attached hydrogens (primary N) is 1. The molecule has 3 rings (SSSR count). The largest absolute Gasteiger partial charge is 0.364 e. The number of amides is 1. The van der Waals surface area contributed by atoms with E-state index in [1.807, 2.05) is 11.6 Å². The molecular formula is C9H6N4OS2. The lowest BCUT2D eigenvalue weighted by atomic mass is 10.4. The second kappa shape index (κ2) is 3.39. The van der Waals surface area contributed by atoms with E-state index in [1.165, 1.54) is 17.5 Å². The molecule has 80 valence electrons. The number of carbonyl (C=O) groups is 1. The fourth-order valence-corrected chi connectivity index (χ4v) is 3.07. The molecule has 1 amide bonds. The number of hydrogen-bond acceptors (Lipinski definition) is 5. The summed E-state index contributed by atoms with van der Waals surface area (Å²) in [5, 5.41) is 2.83. The van der Waals surface area contributed by atoms with Gasteiger partial charge in [-0.15, -0.1) is 11.3 Å². The fourth-order valence-electron chi connectivity index (χ4n) is 1.41. The molecule has 7 heteroatoms. The number of primary amides is 1. The maximum absolute atomic E-state index is 11.1. The standard InChI is InChI=1S/C9H6N4OS2/c10-7(14)5-3-12-9-13(5)4-6(16-9)8-11-1-2-15-8/h1-4H,(H2,10,14). The summed E-state index contributed by atoms with van der Waals surface area (Å²) in [4.78, 5) is 21.2. The molecule has 0 bridgehead atoms. The average Bonchev–Trinajstić information content (AvgIpc) is 2.92. The molecule has 3 heterocycles. The summed E-state index contributed by atoms with van der Waals surface area (Å²) < 4.78 is 1.70. The molecule has 0 saturated heterocycles. The summed E-state index contributed by atoms with van der Waals surface area (Å²) in [6.45, 7) is 0. The van der Waals surface area contributed by atoms with Crippen molar-refractivity contribution in [3.8, 4) is 9.88 Å². The van der Waals surface area contributed by atoms with Gasteiger partial charge in [0.15, 0.2) is 4.96 Å². The number of aromatic nitrogens is 3. The molecule has 3 aromatic heterocycles. The Hall–Kier alpha value is -1.73. The Kier molecular flexibility index (Phi) is 2.01. The van der Waals surface area contributed by atoms with Gasteiger partial charge in [0.1, 0.15) is 10.7 Å². The first-order valence-corrected chi connectivity index (χ1v) is 6.12. The first kappa shape index (κ1) is 9.49. The molecule has 3 aromatic rings. The van der Waals surface area contributed by atoms with Crippen molar-refractivity contribution in [2.45, 2.75) is 0 Å². The Morgan fingerprint density at radius 3 is 3.00 bits per heavy atom. The third-order valence-electron chi connectivity index (χ3n) is 2.11. The topological polar surface area (TPSA) is 73.3 Å². The van der Waals surface area contributed by atoms with E-state index < -0.39 is 5.91 Å². The highest BCUT2D eigenvalue weighted by Crippen LogP contribution is 2.29. The molecule has 0 aliphatic rings. The Morgan fingerprint density at radius 2 is 2.31 bits per heavy atom. The van der Waals surface area contributed by atoms with Gasteiger partial charge >= 0.3 is 0 Å². The molecule has 0 spiro atoms. The molecule has 5 nitrogen and oxygen atoms in total. The zero-order valence-corrected chi connectivity index (χ0v) is 9.59. The summed E-state index contributed by atoms with van der Waals surface area (Å²) in [6, 6.07) is 0. The van der Waals surface area contributed by atoms with Gasteiger partial charge in [-0.2, -0.15) is 0 Å². The van der Waals surface area contributed by atoms with Gasteiger partial charge in [0.2, 0.25) is 0 Å². The minimum atomic E-state index is -0.476. The van der Waals surface area contributed by atoms with Crippen molar-refractivity contribution in [3.05, 3.63) is 29.7 Å². The average molecular weight is 250 g/mol. The van der Waals surface area contributed by atoms with E-state index in [0.29, 0.717) is 5.69 Å². The number of nitrogens with zero attached hydrogens (tertiary/aromatic N) is 3. The van der Waals surface area contributed by atoms with Gasteiger partial charge in [-0.25, -0.2) is 9.97 Å². The zero-order valence-electron chi connectivity index (χ0n) is 7.95. The van der Waals surface area contributed by atoms with Gasteiger partial charge < -0.3 is 5.73 Å². The van der Waals surface area contributed by atoms with E-state index >= 15 is 0 Å². The summed E-state index contributed by atoms with van der Waals surface area (Å²) in [5.41, 5.74) is 5.64. The second-order valence-electron chi connectivity index (χ2n) is 3.09. The Balaban J connectivity index is 2.20. The molecular weight excluding hydrogens is 244 g/mol. The van der Waals surface area contributed by atoms with Gasteiger partial charge in [0.05, 0.1) is 11.1 Å². The SMILES string of the molecule is NC(=O)c1cnc2sc(-c3nccs3)cn12. The molecule has 0 saturated carbocycles. The smallest absolute Gasteiger partial charge is 0.267 e. The van der Waals surface area contributed by atoms with Crippen LogP contribution in [0.5, 0.6) is 0 Å². The minimum Gasteiger partial charge on any atom is -0.364 e. The van der Waals surface area contributed by atoms with Crippen molar-refractivity contribution < 1.29 is 4.79 Å². The summed E-state index contributed by atoms with van der Waals surface area (Å²) in [6.07, 6.45) is 5.07. The highest BCUT2D eigenvalue weighted by atomic mass is 32.1. The molecule has 0 aromatic carbocycles. The minimum absolute atomic E-state index is 0.397. The molecule has 0 radical (unpaired) electrons. The first-order chi connectivity index (χ1) is 7.75. The predicted molar refractivity (Wildman–Crippen MR) is 62.7 cm³/mol. The Labute approximate surface area is 98.2 Å². The maximum Gasteiger partial charge on any atom is 0.267 e. The van der Waals surface area contributed by atoms with E-state index in [9.17, 15) is 4.79 Å². The molecule has 0 aliphatic heterocycles. The van der Waals surface area contributed by atoms with E-state index in [1.54, 1.807) is 21.9 Å². The van der Waals surface area contributed by atoms with Crippen LogP contribution in [0.1, 0.15) is 10.5 Å². The highest BCUT2D eigenvalue weighted by Gasteiger charge is 2.13. The van der Waals surface area contributed by atoms with Crippen molar-refractivity contribution in [3.63, 3.8) is 0 Å². The van der Waals surface area contributed by atoms with Crippen LogP contribution in [-0.2, 0) is 0 Å². The number of hydrogen-bond donors (Lipinski definition) is 1. The van der Waals surface area contributed by atoms with Crippen LogP contribution in [0.3, 0.4) is 0 Å². The first-order valence-electron chi connectivity index (χ1n) is 4.42. The van der Waals surface area contributed by atoms with Crippen LogP contribution in [0.15, 0.2) is 24.0 Å². The van der Waals surface area contributed by atoms with Gasteiger partial charge in [-0.1, -0.05) is 11.3 Å². The zero-order chi connectivity index (χ0) is 11.1. The van der Waals surface area contributed by atoms with Crippen molar-refractivity contribution in [2.75, 3.05) is 0 Å². The van der Waals surface area contributed by atoms with Crippen LogP contribution in [0, 0.1) is 0 Å². The lowest BCUT2D eigenvalue weighted by molar-refractivity contribution is 0.0995. The van der Waals surface area contributed by atoms with E-state index in [4.69, 9.17) is 5.73 Å². The fraction of sp³-hybridized carbons (Fsp3) is 0. The van der Waals surface area contributed by atoms with Crippen LogP contribution in [0.25, 0.3) is 14.8 Å². The normalized spacial score (nSPS) is 11.0. The van der Waals surface area contributed by atoms with E-state index in [2.05, 4.69) is 9.97 Å². The van der Waals surface area contributed by atoms with Crippen LogP contribution in [0.2, 0.25) is 0 Å². The highest BCUT2D eigenvalue weighted by molar-refractivity contribution is 7.24. The second-order valence-corrected chi connectivity index (χ2v) is 5.00. The van der Waals surface area contributed by atoms with Crippen molar-refractivity contribution in [1.29, 1.82) is 0 Å².